The van der Waals surface area contributed by atoms with Crippen molar-refractivity contribution < 1.29 is 37.3 Å². The predicted octanol–water partition coefficient (Wildman–Crippen LogP) is 4.54. The lowest BCUT2D eigenvalue weighted by Crippen LogP contribution is -2.41. The van der Waals surface area contributed by atoms with E-state index < -0.39 is 12.1 Å². The smallest absolute Gasteiger partial charge is 0.490 e. The molecule has 0 atom stereocenters. The van der Waals surface area contributed by atoms with Crippen molar-refractivity contribution in [3.63, 3.8) is 0 Å². The van der Waals surface area contributed by atoms with Gasteiger partial charge in [-0.3, -0.25) is 4.79 Å². The number of methoxy groups -OCH3 is 1. The Labute approximate surface area is 227 Å². The van der Waals surface area contributed by atoms with Crippen molar-refractivity contribution in [2.45, 2.75) is 31.5 Å². The highest BCUT2D eigenvalue weighted by Gasteiger charge is 2.38. The standard InChI is InChI=1S/C25H27N5O3.C2HF3O2/c1-3-24(31)30-10-7-18(8-11-30)33-23-13-19-21(14-22(23)32-2)27-15-28-25(19)29-17-4-5-20-16(12-17)6-9-26-20;3-2(4,5)1(6)7/h3-5,12-15,18,26H,1,6-11H2,2H3,(H,27,28,29);(H,6,7). The highest BCUT2D eigenvalue weighted by Crippen LogP contribution is 2.36. The number of halogens is 3. The zero-order valence-corrected chi connectivity index (χ0v) is 21.6. The first kappa shape index (κ1) is 28.5. The molecule has 212 valence electrons. The Morgan fingerprint density at radius 1 is 1.18 bits per heavy atom. The Morgan fingerprint density at radius 2 is 1.90 bits per heavy atom. The van der Waals surface area contributed by atoms with Gasteiger partial charge in [0.05, 0.1) is 12.6 Å². The zero-order chi connectivity index (χ0) is 28.9. The van der Waals surface area contributed by atoms with E-state index in [4.69, 9.17) is 19.4 Å². The molecule has 10 nitrogen and oxygen atoms in total. The number of rotatable bonds is 6. The number of likely N-dealkylation sites (tertiary alicyclic amines) is 1. The number of anilines is 3. The fourth-order valence-corrected chi connectivity index (χ4v) is 4.44. The number of alkyl halides is 3. The first-order valence-corrected chi connectivity index (χ1v) is 12.4. The number of benzene rings is 2. The van der Waals surface area contributed by atoms with Gasteiger partial charge in [0.25, 0.3) is 0 Å². The minimum absolute atomic E-state index is 0.00420. The summed E-state index contributed by atoms with van der Waals surface area (Å²) in [5.41, 5.74) is 4.24. The number of carbonyl (C=O) groups is 2. The van der Waals surface area contributed by atoms with E-state index >= 15 is 0 Å². The first-order chi connectivity index (χ1) is 19.1. The summed E-state index contributed by atoms with van der Waals surface area (Å²) < 4.78 is 43.7. The second-order valence-corrected chi connectivity index (χ2v) is 9.07. The maximum Gasteiger partial charge on any atom is 0.490 e. The molecule has 1 amide bonds. The average molecular weight is 560 g/mol. The molecule has 1 saturated heterocycles. The van der Waals surface area contributed by atoms with Crippen molar-refractivity contribution in [2.24, 2.45) is 0 Å². The van der Waals surface area contributed by atoms with Gasteiger partial charge in [0, 0.05) is 55.3 Å². The predicted molar refractivity (Wildman–Crippen MR) is 142 cm³/mol. The van der Waals surface area contributed by atoms with E-state index in [1.165, 1.54) is 17.3 Å². The van der Waals surface area contributed by atoms with Crippen LogP contribution >= 0.6 is 0 Å². The van der Waals surface area contributed by atoms with Gasteiger partial charge in [0.15, 0.2) is 11.5 Å². The molecule has 5 rings (SSSR count). The molecule has 1 fully saturated rings. The molecule has 0 aliphatic carbocycles. The molecule has 0 radical (unpaired) electrons. The highest BCUT2D eigenvalue weighted by molar-refractivity contribution is 5.93. The minimum atomic E-state index is -5.08. The van der Waals surface area contributed by atoms with E-state index in [1.807, 2.05) is 18.2 Å². The summed E-state index contributed by atoms with van der Waals surface area (Å²) in [5.74, 6) is -0.806. The van der Waals surface area contributed by atoms with Crippen LogP contribution in [-0.4, -0.2) is 70.9 Å². The summed E-state index contributed by atoms with van der Waals surface area (Å²) in [6.07, 6.45) is 0.337. The molecule has 13 heteroatoms. The Kier molecular flexibility index (Phi) is 8.61. The topological polar surface area (TPSA) is 126 Å². The van der Waals surface area contributed by atoms with E-state index in [0.29, 0.717) is 30.4 Å². The number of carbonyl (C=O) groups excluding carboxylic acids is 1. The van der Waals surface area contributed by atoms with Crippen molar-refractivity contribution >= 4 is 40.0 Å². The highest BCUT2D eigenvalue weighted by atomic mass is 19.4. The molecule has 0 saturated carbocycles. The van der Waals surface area contributed by atoms with Crippen molar-refractivity contribution in [3.05, 3.63) is 54.9 Å². The number of piperidine rings is 1. The number of amides is 1. The monoisotopic (exact) mass is 559 g/mol. The molecule has 40 heavy (non-hydrogen) atoms. The number of aromatic nitrogens is 2. The lowest BCUT2D eigenvalue weighted by Gasteiger charge is -2.31. The normalized spacial score (nSPS) is 14.8. The fraction of sp³-hybridized carbons (Fsp3) is 0.333. The lowest BCUT2D eigenvalue weighted by atomic mass is 10.1. The number of aliphatic carboxylic acids is 1. The van der Waals surface area contributed by atoms with Crippen LogP contribution in [0.25, 0.3) is 10.9 Å². The van der Waals surface area contributed by atoms with Crippen LogP contribution in [0.5, 0.6) is 11.5 Å². The number of fused-ring (bicyclic) bond motifs is 2. The van der Waals surface area contributed by atoms with Gasteiger partial charge in [-0.15, -0.1) is 0 Å². The van der Waals surface area contributed by atoms with Crippen LogP contribution in [0.4, 0.5) is 30.4 Å². The van der Waals surface area contributed by atoms with Gasteiger partial charge in [0.2, 0.25) is 5.91 Å². The van der Waals surface area contributed by atoms with Gasteiger partial charge < -0.3 is 30.1 Å². The molecule has 3 N–H and O–H groups in total. The summed E-state index contributed by atoms with van der Waals surface area (Å²) in [4.78, 5) is 31.5. The molecule has 1 aromatic heterocycles. The molecule has 3 heterocycles. The van der Waals surface area contributed by atoms with Crippen LogP contribution in [0, 0.1) is 0 Å². The summed E-state index contributed by atoms with van der Waals surface area (Å²) in [6, 6.07) is 10.1. The Balaban J connectivity index is 0.000000470. The number of ether oxygens (including phenoxy) is 2. The van der Waals surface area contributed by atoms with Crippen LogP contribution < -0.4 is 20.1 Å². The number of carboxylic acid groups (broad SMARTS) is 1. The summed E-state index contributed by atoms with van der Waals surface area (Å²) in [6.45, 7) is 5.83. The molecule has 0 spiro atoms. The molecular weight excluding hydrogens is 531 g/mol. The molecule has 0 bridgehead atoms. The number of hydrogen-bond donors (Lipinski definition) is 3. The summed E-state index contributed by atoms with van der Waals surface area (Å²) in [7, 11) is 1.62. The van der Waals surface area contributed by atoms with Gasteiger partial charge in [-0.25, -0.2) is 14.8 Å². The van der Waals surface area contributed by atoms with Crippen molar-refractivity contribution in [3.8, 4) is 11.5 Å². The van der Waals surface area contributed by atoms with Crippen molar-refractivity contribution in [1.29, 1.82) is 0 Å². The van der Waals surface area contributed by atoms with E-state index in [-0.39, 0.29) is 12.0 Å². The van der Waals surface area contributed by atoms with E-state index in [0.717, 1.165) is 42.4 Å². The number of nitrogens with one attached hydrogen (secondary N) is 2. The molecular formula is C27H28F3N5O5. The molecule has 2 aliphatic heterocycles. The second kappa shape index (κ2) is 12.1. The second-order valence-electron chi connectivity index (χ2n) is 9.07. The summed E-state index contributed by atoms with van der Waals surface area (Å²) >= 11 is 0. The SMILES string of the molecule is C=CC(=O)N1CCC(Oc2cc3c(Nc4ccc5c(c4)CCN5)ncnc3cc2OC)CC1.O=C(O)C(F)(F)F. The quantitative estimate of drug-likeness (QED) is 0.373. The average Bonchev–Trinajstić information content (AvgIpc) is 3.41. The van der Waals surface area contributed by atoms with Gasteiger partial charge >= 0.3 is 12.1 Å². The molecule has 3 aromatic rings. The van der Waals surface area contributed by atoms with Crippen LogP contribution in [0.15, 0.2) is 49.3 Å². The molecule has 0 unspecified atom stereocenters. The maximum atomic E-state index is 11.9. The molecule has 2 aliphatic rings. The zero-order valence-electron chi connectivity index (χ0n) is 21.6. The maximum absolute atomic E-state index is 11.9. The van der Waals surface area contributed by atoms with Crippen LogP contribution in [0.2, 0.25) is 0 Å². The number of carboxylic acids is 1. The van der Waals surface area contributed by atoms with Crippen LogP contribution in [0.3, 0.4) is 0 Å². The van der Waals surface area contributed by atoms with E-state index in [2.05, 4.69) is 39.3 Å². The fourth-order valence-electron chi connectivity index (χ4n) is 4.44. The van der Waals surface area contributed by atoms with Gasteiger partial charge in [-0.1, -0.05) is 6.58 Å². The largest absolute Gasteiger partial charge is 0.493 e. The van der Waals surface area contributed by atoms with Crippen molar-refractivity contribution in [1.82, 2.24) is 14.9 Å². The van der Waals surface area contributed by atoms with Gasteiger partial charge in [0.1, 0.15) is 18.2 Å². The lowest BCUT2D eigenvalue weighted by molar-refractivity contribution is -0.192. The van der Waals surface area contributed by atoms with Crippen LogP contribution in [-0.2, 0) is 16.0 Å². The van der Waals surface area contributed by atoms with Gasteiger partial charge in [-0.05, 0) is 42.3 Å². The van der Waals surface area contributed by atoms with Crippen LogP contribution in [0.1, 0.15) is 18.4 Å². The number of nitrogens with zero attached hydrogens (tertiary/aromatic N) is 3. The van der Waals surface area contributed by atoms with Gasteiger partial charge in [-0.2, -0.15) is 13.2 Å². The Hall–Kier alpha value is -4.55. The van der Waals surface area contributed by atoms with E-state index in [9.17, 15) is 18.0 Å². The third-order valence-corrected chi connectivity index (χ3v) is 6.46. The third-order valence-electron chi connectivity index (χ3n) is 6.46. The van der Waals surface area contributed by atoms with E-state index in [1.54, 1.807) is 18.3 Å². The van der Waals surface area contributed by atoms with Crippen molar-refractivity contribution in [2.75, 3.05) is 37.4 Å². The Morgan fingerprint density at radius 3 is 2.55 bits per heavy atom. The Bertz CT molecular complexity index is 1410. The third kappa shape index (κ3) is 6.71. The first-order valence-electron chi connectivity index (χ1n) is 12.4. The summed E-state index contributed by atoms with van der Waals surface area (Å²) in [5, 5.41) is 14.8. The number of hydrogen-bond acceptors (Lipinski definition) is 8. The molecule has 2 aromatic carbocycles. The minimum Gasteiger partial charge on any atom is -0.493 e.